The highest BCUT2D eigenvalue weighted by molar-refractivity contribution is 7.92. The number of hydrogen-bond donors (Lipinski definition) is 2. The zero-order valence-electron chi connectivity index (χ0n) is 24.2. The van der Waals surface area contributed by atoms with Crippen molar-refractivity contribution in [3.05, 3.63) is 98.0 Å². The number of piperidine rings is 1. The van der Waals surface area contributed by atoms with E-state index in [1.165, 1.54) is 10.6 Å². The molecule has 0 aromatic heterocycles. The lowest BCUT2D eigenvalue weighted by Crippen LogP contribution is -2.57. The van der Waals surface area contributed by atoms with E-state index in [-0.39, 0.29) is 11.8 Å². The number of halogens is 3. The average Bonchev–Trinajstić information content (AvgIpc) is 3.30. The van der Waals surface area contributed by atoms with Crippen molar-refractivity contribution in [2.24, 2.45) is 0 Å². The monoisotopic (exact) mass is 674 g/mol. The first-order valence-corrected chi connectivity index (χ1v) is 17.5. The number of fused-ring (bicyclic) bond motifs is 3. The first-order chi connectivity index (χ1) is 20.9. The van der Waals surface area contributed by atoms with Crippen LogP contribution in [0.3, 0.4) is 0 Å². The van der Waals surface area contributed by atoms with Crippen LogP contribution in [0.15, 0.2) is 60.7 Å². The van der Waals surface area contributed by atoms with Gasteiger partial charge in [0.2, 0.25) is 21.8 Å². The van der Waals surface area contributed by atoms with Crippen LogP contribution in [0.4, 0.5) is 5.69 Å². The number of benzene rings is 3. The minimum Gasteiger partial charge on any atom is -0.343 e. The fourth-order valence-corrected chi connectivity index (χ4v) is 8.18. The average molecular weight is 676 g/mol. The van der Waals surface area contributed by atoms with Gasteiger partial charge in [0.15, 0.2) is 0 Å². The molecule has 8 nitrogen and oxygen atoms in total. The number of nitrogens with zero attached hydrogens (tertiary/aromatic N) is 2. The van der Waals surface area contributed by atoms with E-state index in [0.29, 0.717) is 72.6 Å². The lowest BCUT2D eigenvalue weighted by molar-refractivity contribution is -0.138. The fourth-order valence-electron chi connectivity index (χ4n) is 6.69. The summed E-state index contributed by atoms with van der Waals surface area (Å²) in [7, 11) is -3.49. The van der Waals surface area contributed by atoms with Gasteiger partial charge in [-0.25, -0.2) is 8.42 Å². The molecule has 3 aliphatic rings. The van der Waals surface area contributed by atoms with E-state index in [1.54, 1.807) is 29.2 Å². The van der Waals surface area contributed by atoms with Gasteiger partial charge in [0, 0.05) is 53.1 Å². The molecule has 3 aliphatic heterocycles. The highest BCUT2D eigenvalue weighted by atomic mass is 35.5. The van der Waals surface area contributed by atoms with E-state index in [0.717, 1.165) is 22.3 Å². The highest BCUT2D eigenvalue weighted by Crippen LogP contribution is 2.48. The maximum Gasteiger partial charge on any atom is 0.245 e. The molecule has 2 N–H and O–H groups in total. The van der Waals surface area contributed by atoms with E-state index in [2.05, 4.69) is 10.6 Å². The minimum absolute atomic E-state index is 0.174. The van der Waals surface area contributed by atoms with Crippen LogP contribution in [0.5, 0.6) is 0 Å². The zero-order chi connectivity index (χ0) is 31.2. The predicted molar refractivity (Wildman–Crippen MR) is 174 cm³/mol. The predicted octanol–water partition coefficient (Wildman–Crippen LogP) is 4.73. The number of likely N-dealkylation sites (tertiary alicyclic amines) is 1. The Kier molecular flexibility index (Phi) is 8.63. The third-order valence-corrected chi connectivity index (χ3v) is 10.9. The third-order valence-electron chi connectivity index (χ3n) is 9.09. The largest absolute Gasteiger partial charge is 0.343 e. The Balaban J connectivity index is 1.20. The standard InChI is InChI=1S/C32H33Cl3N4O4S/c1-44(42,43)39-19-32(26-17-25(35)8-9-29(26)39)10-12-38(13-11-32)31(41)28(14-20-2-5-23(33)6-3-20)37-30(40)27-16-22-15-24(34)7-4-21(22)18-36-27/h2-9,15,17,27-28,36H,10-14,16,18-19H2,1H3,(H,37,40)/t27-,28-/m0/s1. The number of carbonyl (C=O) groups excluding carboxylic acids is 2. The van der Waals surface area contributed by atoms with Crippen molar-refractivity contribution >= 4 is 62.3 Å². The van der Waals surface area contributed by atoms with Gasteiger partial charge in [-0.15, -0.1) is 0 Å². The van der Waals surface area contributed by atoms with E-state index in [9.17, 15) is 18.0 Å². The number of carbonyl (C=O) groups is 2. The summed E-state index contributed by atoms with van der Waals surface area (Å²) in [5.41, 5.74) is 4.08. The molecule has 232 valence electrons. The van der Waals surface area contributed by atoms with Crippen LogP contribution in [0.1, 0.15) is 35.1 Å². The van der Waals surface area contributed by atoms with E-state index in [1.807, 2.05) is 36.4 Å². The Labute approximate surface area is 272 Å². The van der Waals surface area contributed by atoms with Crippen LogP contribution in [0.2, 0.25) is 15.1 Å². The Bertz CT molecular complexity index is 1710. The summed E-state index contributed by atoms with van der Waals surface area (Å²) in [6.07, 6.45) is 3.12. The molecule has 3 aromatic rings. The van der Waals surface area contributed by atoms with Crippen LogP contribution >= 0.6 is 34.8 Å². The van der Waals surface area contributed by atoms with Crippen molar-refractivity contribution in [3.8, 4) is 0 Å². The Hall–Kier alpha value is -2.82. The molecular weight excluding hydrogens is 643 g/mol. The molecular formula is C32H33Cl3N4O4S. The summed E-state index contributed by atoms with van der Waals surface area (Å²) in [5, 5.41) is 8.09. The molecule has 1 spiro atoms. The topological polar surface area (TPSA) is 98.8 Å². The lowest BCUT2D eigenvalue weighted by Gasteiger charge is -2.41. The van der Waals surface area contributed by atoms with Crippen LogP contribution < -0.4 is 14.9 Å². The van der Waals surface area contributed by atoms with Crippen LogP contribution in [-0.4, -0.2) is 63.1 Å². The molecule has 0 radical (unpaired) electrons. The van der Waals surface area contributed by atoms with Gasteiger partial charge < -0.3 is 15.5 Å². The molecule has 3 heterocycles. The van der Waals surface area contributed by atoms with Crippen molar-refractivity contribution in [2.45, 2.75) is 49.7 Å². The first-order valence-electron chi connectivity index (χ1n) is 14.5. The second kappa shape index (κ2) is 12.2. The summed E-state index contributed by atoms with van der Waals surface area (Å²) in [4.78, 5) is 29.4. The maximum atomic E-state index is 14.1. The molecule has 44 heavy (non-hydrogen) atoms. The quantitative estimate of drug-likeness (QED) is 0.394. The molecule has 0 bridgehead atoms. The SMILES string of the molecule is CS(=O)(=O)N1CC2(CCN(C(=O)[C@H](Cc3ccc(Cl)cc3)NC(=O)[C@@H]3Cc4cc(Cl)ccc4CN3)CC2)c2cc(Cl)ccc21. The number of anilines is 1. The van der Waals surface area contributed by atoms with Crippen LogP contribution in [0.25, 0.3) is 0 Å². The molecule has 0 aliphatic carbocycles. The van der Waals surface area contributed by atoms with E-state index < -0.39 is 27.5 Å². The summed E-state index contributed by atoms with van der Waals surface area (Å²) < 4.78 is 26.7. The molecule has 12 heteroatoms. The Morgan fingerprint density at radius 2 is 1.61 bits per heavy atom. The summed E-state index contributed by atoms with van der Waals surface area (Å²) in [6, 6.07) is 16.9. The van der Waals surface area contributed by atoms with Crippen LogP contribution in [0, 0.1) is 0 Å². The van der Waals surface area contributed by atoms with Gasteiger partial charge in [-0.1, -0.05) is 53.0 Å². The molecule has 2 atom stereocenters. The lowest BCUT2D eigenvalue weighted by atomic mass is 9.74. The van der Waals surface area contributed by atoms with Gasteiger partial charge in [-0.3, -0.25) is 13.9 Å². The van der Waals surface area contributed by atoms with Gasteiger partial charge in [-0.2, -0.15) is 0 Å². The smallest absolute Gasteiger partial charge is 0.245 e. The fraction of sp³-hybridized carbons (Fsp3) is 0.375. The Morgan fingerprint density at radius 1 is 0.955 bits per heavy atom. The molecule has 2 amide bonds. The minimum atomic E-state index is -3.49. The van der Waals surface area contributed by atoms with Gasteiger partial charge in [0.05, 0.1) is 18.0 Å². The van der Waals surface area contributed by atoms with Gasteiger partial charge in [-0.05, 0) is 84.0 Å². The van der Waals surface area contributed by atoms with Crippen molar-refractivity contribution in [2.75, 3.05) is 30.2 Å². The van der Waals surface area contributed by atoms with Crippen LogP contribution in [-0.2, 0) is 44.4 Å². The summed E-state index contributed by atoms with van der Waals surface area (Å²) in [5.74, 6) is -0.425. The molecule has 0 unspecified atom stereocenters. The van der Waals surface area contributed by atoms with Crippen molar-refractivity contribution in [1.82, 2.24) is 15.5 Å². The van der Waals surface area contributed by atoms with Crippen molar-refractivity contribution in [1.29, 1.82) is 0 Å². The second-order valence-corrected chi connectivity index (χ2v) is 15.2. The number of sulfonamides is 1. The summed E-state index contributed by atoms with van der Waals surface area (Å²) >= 11 is 18.7. The number of amides is 2. The molecule has 0 saturated carbocycles. The normalized spacial score (nSPS) is 19.8. The van der Waals surface area contributed by atoms with Crippen molar-refractivity contribution < 1.29 is 18.0 Å². The highest BCUT2D eigenvalue weighted by Gasteiger charge is 2.48. The number of nitrogens with one attached hydrogen (secondary N) is 2. The van der Waals surface area contributed by atoms with Crippen molar-refractivity contribution in [3.63, 3.8) is 0 Å². The third kappa shape index (κ3) is 6.30. The zero-order valence-corrected chi connectivity index (χ0v) is 27.2. The second-order valence-electron chi connectivity index (χ2n) is 12.0. The Morgan fingerprint density at radius 3 is 2.32 bits per heavy atom. The van der Waals surface area contributed by atoms with Gasteiger partial charge >= 0.3 is 0 Å². The van der Waals surface area contributed by atoms with E-state index >= 15 is 0 Å². The maximum absolute atomic E-state index is 14.1. The number of rotatable bonds is 6. The van der Waals surface area contributed by atoms with Gasteiger partial charge in [0.1, 0.15) is 6.04 Å². The first kappa shape index (κ1) is 31.2. The molecule has 1 fully saturated rings. The molecule has 6 rings (SSSR count). The van der Waals surface area contributed by atoms with Gasteiger partial charge in [0.25, 0.3) is 0 Å². The number of hydrogen-bond acceptors (Lipinski definition) is 5. The summed E-state index contributed by atoms with van der Waals surface area (Å²) in [6.45, 7) is 1.68. The van der Waals surface area contributed by atoms with E-state index in [4.69, 9.17) is 34.8 Å². The molecule has 3 aromatic carbocycles. The molecule has 1 saturated heterocycles.